The van der Waals surface area contributed by atoms with Crippen molar-refractivity contribution in [3.05, 3.63) is 83.4 Å². The van der Waals surface area contributed by atoms with Crippen molar-refractivity contribution in [2.45, 2.75) is 6.42 Å². The molecule has 0 aliphatic carbocycles. The lowest BCUT2D eigenvalue weighted by Gasteiger charge is -2.35. The molecule has 3 aromatic rings. The molecule has 0 bridgehead atoms. The number of hydrogen-bond donors (Lipinski definition) is 1. The Hall–Kier alpha value is -2.82. The summed E-state index contributed by atoms with van der Waals surface area (Å²) < 4.78 is 0. The van der Waals surface area contributed by atoms with Crippen molar-refractivity contribution in [2.24, 2.45) is 0 Å². The molecule has 0 unspecified atom stereocenters. The van der Waals surface area contributed by atoms with Crippen LogP contribution in [0, 0.1) is 0 Å². The Morgan fingerprint density at radius 2 is 1.57 bits per heavy atom. The highest BCUT2D eigenvalue weighted by atomic mass is 35.5. The van der Waals surface area contributed by atoms with Crippen molar-refractivity contribution in [3.8, 4) is 11.1 Å². The number of amides is 1. The van der Waals surface area contributed by atoms with Gasteiger partial charge in [-0.15, -0.1) is 0 Å². The highest BCUT2D eigenvalue weighted by molar-refractivity contribution is 6.31. The predicted molar refractivity (Wildman–Crippen MR) is 125 cm³/mol. The van der Waals surface area contributed by atoms with Crippen LogP contribution in [0.1, 0.15) is 5.56 Å². The molecule has 1 N–H and O–H groups in total. The minimum atomic E-state index is -0.0416. The quantitative estimate of drug-likeness (QED) is 0.636. The average molecular weight is 420 g/mol. The van der Waals surface area contributed by atoms with Crippen molar-refractivity contribution < 1.29 is 4.79 Å². The summed E-state index contributed by atoms with van der Waals surface area (Å²) in [4.78, 5) is 17.4. The van der Waals surface area contributed by atoms with Crippen molar-refractivity contribution in [3.63, 3.8) is 0 Å². The Kier molecular flexibility index (Phi) is 6.36. The lowest BCUT2D eigenvalue weighted by molar-refractivity contribution is -0.115. The van der Waals surface area contributed by atoms with Gasteiger partial charge in [-0.25, -0.2) is 0 Å². The number of piperazine rings is 1. The van der Waals surface area contributed by atoms with Crippen molar-refractivity contribution in [1.29, 1.82) is 0 Å². The highest BCUT2D eigenvalue weighted by Gasteiger charge is 2.18. The third-order valence-electron chi connectivity index (χ3n) is 5.50. The molecule has 5 heteroatoms. The van der Waals surface area contributed by atoms with Crippen LogP contribution in [-0.2, 0) is 11.2 Å². The van der Waals surface area contributed by atoms with Crippen molar-refractivity contribution in [1.82, 2.24) is 4.90 Å². The molecule has 0 saturated carbocycles. The van der Waals surface area contributed by atoms with Gasteiger partial charge in [-0.1, -0.05) is 66.2 Å². The molecule has 1 aliphatic rings. The number of benzene rings is 3. The molecule has 1 fully saturated rings. The van der Waals surface area contributed by atoms with Crippen LogP contribution in [0.3, 0.4) is 0 Å². The molecule has 1 aliphatic heterocycles. The molecule has 0 aromatic heterocycles. The Labute approximate surface area is 183 Å². The number of rotatable bonds is 5. The van der Waals surface area contributed by atoms with Gasteiger partial charge in [0.2, 0.25) is 5.91 Å². The maximum atomic E-state index is 12.8. The predicted octanol–water partition coefficient (Wildman–Crippen LogP) is 4.94. The number of carbonyl (C=O) groups excluding carboxylic acids is 1. The SMILES string of the molecule is CN1CCN(c2ccc(Cl)cc2NC(=O)Cc2ccc(-c3ccccc3)cc2)CC1. The van der Waals surface area contributed by atoms with Gasteiger partial charge in [0.05, 0.1) is 17.8 Å². The van der Waals surface area contributed by atoms with Gasteiger partial charge in [-0.05, 0) is 41.9 Å². The van der Waals surface area contributed by atoms with Gasteiger partial charge in [0.25, 0.3) is 0 Å². The number of nitrogens with zero attached hydrogens (tertiary/aromatic N) is 2. The van der Waals surface area contributed by atoms with Gasteiger partial charge < -0.3 is 15.1 Å². The number of halogens is 1. The van der Waals surface area contributed by atoms with E-state index in [1.807, 2.05) is 48.5 Å². The first kappa shape index (κ1) is 20.5. The minimum absolute atomic E-state index is 0.0416. The van der Waals surface area contributed by atoms with E-state index in [-0.39, 0.29) is 5.91 Å². The Bertz CT molecular complexity index is 997. The van der Waals surface area contributed by atoms with Crippen LogP contribution in [0.15, 0.2) is 72.8 Å². The number of nitrogens with one attached hydrogen (secondary N) is 1. The monoisotopic (exact) mass is 419 g/mol. The van der Waals surface area contributed by atoms with Crippen molar-refractivity contribution in [2.75, 3.05) is 43.4 Å². The molecular formula is C25H26ClN3O. The lowest BCUT2D eigenvalue weighted by Crippen LogP contribution is -2.44. The fraction of sp³-hybridized carbons (Fsp3) is 0.240. The van der Waals surface area contributed by atoms with Gasteiger partial charge in [0.1, 0.15) is 0 Å². The maximum Gasteiger partial charge on any atom is 0.228 e. The maximum absolute atomic E-state index is 12.8. The zero-order valence-corrected chi connectivity index (χ0v) is 17.9. The summed E-state index contributed by atoms with van der Waals surface area (Å²) in [7, 11) is 2.13. The summed E-state index contributed by atoms with van der Waals surface area (Å²) >= 11 is 6.22. The van der Waals surface area contributed by atoms with E-state index in [4.69, 9.17) is 11.6 Å². The van der Waals surface area contributed by atoms with Gasteiger partial charge in [-0.2, -0.15) is 0 Å². The second-order valence-corrected chi connectivity index (χ2v) is 8.18. The number of hydrogen-bond acceptors (Lipinski definition) is 3. The van der Waals surface area contributed by atoms with E-state index >= 15 is 0 Å². The molecule has 30 heavy (non-hydrogen) atoms. The molecular weight excluding hydrogens is 394 g/mol. The third kappa shape index (κ3) is 5.02. The molecule has 0 atom stereocenters. The topological polar surface area (TPSA) is 35.6 Å². The summed E-state index contributed by atoms with van der Waals surface area (Å²) in [6, 6.07) is 24.1. The van der Waals surface area contributed by atoms with Crippen LogP contribution < -0.4 is 10.2 Å². The summed E-state index contributed by atoms with van der Waals surface area (Å²) in [5.41, 5.74) is 5.10. The van der Waals surface area contributed by atoms with E-state index in [2.05, 4.69) is 46.4 Å². The minimum Gasteiger partial charge on any atom is -0.367 e. The largest absolute Gasteiger partial charge is 0.367 e. The molecule has 1 amide bonds. The van der Waals surface area contributed by atoms with Gasteiger partial charge >= 0.3 is 0 Å². The smallest absolute Gasteiger partial charge is 0.228 e. The normalized spacial score (nSPS) is 14.5. The average Bonchev–Trinajstić information content (AvgIpc) is 2.76. The second kappa shape index (κ2) is 9.33. The van der Waals surface area contributed by atoms with Gasteiger partial charge in [0.15, 0.2) is 0 Å². The molecule has 0 radical (unpaired) electrons. The third-order valence-corrected chi connectivity index (χ3v) is 5.74. The fourth-order valence-electron chi connectivity index (χ4n) is 3.76. The first-order chi connectivity index (χ1) is 14.6. The highest BCUT2D eigenvalue weighted by Crippen LogP contribution is 2.30. The lowest BCUT2D eigenvalue weighted by atomic mass is 10.0. The number of likely N-dealkylation sites (N-methyl/N-ethyl adjacent to an activating group) is 1. The Morgan fingerprint density at radius 1 is 0.900 bits per heavy atom. The van der Waals surface area contributed by atoms with E-state index in [0.29, 0.717) is 11.4 Å². The van der Waals surface area contributed by atoms with E-state index in [1.54, 1.807) is 0 Å². The van der Waals surface area contributed by atoms with Crippen LogP contribution in [0.4, 0.5) is 11.4 Å². The van der Waals surface area contributed by atoms with Crippen LogP contribution in [0.25, 0.3) is 11.1 Å². The molecule has 3 aromatic carbocycles. The van der Waals surface area contributed by atoms with E-state index in [0.717, 1.165) is 48.7 Å². The van der Waals surface area contributed by atoms with Gasteiger partial charge in [0, 0.05) is 31.2 Å². The Morgan fingerprint density at radius 3 is 2.27 bits per heavy atom. The van der Waals surface area contributed by atoms with Gasteiger partial charge in [-0.3, -0.25) is 4.79 Å². The fourth-order valence-corrected chi connectivity index (χ4v) is 3.93. The zero-order chi connectivity index (χ0) is 20.9. The van der Waals surface area contributed by atoms with Crippen LogP contribution in [0.5, 0.6) is 0 Å². The molecule has 0 spiro atoms. The van der Waals surface area contributed by atoms with E-state index in [1.165, 1.54) is 5.56 Å². The zero-order valence-electron chi connectivity index (χ0n) is 17.1. The molecule has 1 saturated heterocycles. The molecule has 4 rings (SSSR count). The Balaban J connectivity index is 1.44. The number of carbonyl (C=O) groups is 1. The standard InChI is InChI=1S/C25H26ClN3O/c1-28-13-15-29(16-14-28)24-12-11-22(26)18-23(24)27-25(30)17-19-7-9-21(10-8-19)20-5-3-2-4-6-20/h2-12,18H,13-17H2,1H3,(H,27,30). The van der Waals surface area contributed by atoms with Crippen LogP contribution >= 0.6 is 11.6 Å². The summed E-state index contributed by atoms with van der Waals surface area (Å²) in [6.07, 6.45) is 0.323. The molecule has 1 heterocycles. The van der Waals surface area contributed by atoms with E-state index in [9.17, 15) is 4.79 Å². The summed E-state index contributed by atoms with van der Waals surface area (Å²) in [5, 5.41) is 3.70. The van der Waals surface area contributed by atoms with E-state index < -0.39 is 0 Å². The van der Waals surface area contributed by atoms with Crippen LogP contribution in [-0.4, -0.2) is 44.0 Å². The molecule has 154 valence electrons. The summed E-state index contributed by atoms with van der Waals surface area (Å²) in [5.74, 6) is -0.0416. The summed E-state index contributed by atoms with van der Waals surface area (Å²) in [6.45, 7) is 3.87. The van der Waals surface area contributed by atoms with Crippen LogP contribution in [0.2, 0.25) is 5.02 Å². The second-order valence-electron chi connectivity index (χ2n) is 7.74. The van der Waals surface area contributed by atoms with Crippen molar-refractivity contribution >= 4 is 28.9 Å². The first-order valence-electron chi connectivity index (χ1n) is 10.3. The molecule has 4 nitrogen and oxygen atoms in total. The number of anilines is 2. The first-order valence-corrected chi connectivity index (χ1v) is 10.6.